The lowest BCUT2D eigenvalue weighted by Crippen LogP contribution is -2.35. The molecule has 0 saturated heterocycles. The molecule has 0 aliphatic rings. The van der Waals surface area contributed by atoms with Crippen molar-refractivity contribution in [1.29, 1.82) is 0 Å². The van der Waals surface area contributed by atoms with Crippen LogP contribution in [0.4, 0.5) is 4.39 Å². The minimum Gasteiger partial charge on any atom is -0.316 e. The average molecular weight is 300 g/mol. The molecule has 0 radical (unpaired) electrons. The molecule has 1 atom stereocenters. The first kappa shape index (κ1) is 17.5. The van der Waals surface area contributed by atoms with Crippen molar-refractivity contribution >= 4 is 11.6 Å². The van der Waals surface area contributed by atoms with Crippen molar-refractivity contribution in [2.24, 2.45) is 17.3 Å². The van der Waals surface area contributed by atoms with E-state index < -0.39 is 0 Å². The molecule has 0 bridgehead atoms. The second-order valence-electron chi connectivity index (χ2n) is 7.03. The van der Waals surface area contributed by atoms with Gasteiger partial charge in [0, 0.05) is 0 Å². The smallest absolute Gasteiger partial charge is 0.142 e. The van der Waals surface area contributed by atoms with Crippen molar-refractivity contribution in [2.75, 3.05) is 13.1 Å². The minimum atomic E-state index is -0.327. The van der Waals surface area contributed by atoms with Gasteiger partial charge in [-0.1, -0.05) is 58.4 Å². The molecule has 114 valence electrons. The van der Waals surface area contributed by atoms with Crippen molar-refractivity contribution in [3.63, 3.8) is 0 Å². The molecule has 1 unspecified atom stereocenters. The molecule has 0 aliphatic heterocycles. The van der Waals surface area contributed by atoms with Gasteiger partial charge in [-0.25, -0.2) is 4.39 Å². The Labute approximate surface area is 127 Å². The summed E-state index contributed by atoms with van der Waals surface area (Å²) < 4.78 is 13.5. The molecule has 1 rings (SSSR count). The Kier molecular flexibility index (Phi) is 6.47. The standard InChI is InChI=1S/C17H27ClFN/c1-12(2)10-20-11-14(17(3,4)5)9-13-7-6-8-15(19)16(13)18/h6-8,12,14,20H,9-11H2,1-5H3. The molecule has 0 aromatic heterocycles. The lowest BCUT2D eigenvalue weighted by molar-refractivity contribution is 0.228. The topological polar surface area (TPSA) is 12.0 Å². The van der Waals surface area contributed by atoms with Gasteiger partial charge in [-0.3, -0.25) is 0 Å². The Bertz CT molecular complexity index is 423. The fourth-order valence-corrected chi connectivity index (χ4v) is 2.41. The van der Waals surface area contributed by atoms with Crippen molar-refractivity contribution in [3.8, 4) is 0 Å². The molecule has 0 heterocycles. The Hall–Kier alpha value is -0.600. The molecule has 0 fully saturated rings. The van der Waals surface area contributed by atoms with Crippen LogP contribution in [-0.4, -0.2) is 13.1 Å². The van der Waals surface area contributed by atoms with Gasteiger partial charge in [-0.05, 0) is 48.4 Å². The summed E-state index contributed by atoms with van der Waals surface area (Å²) in [6.07, 6.45) is 0.797. The summed E-state index contributed by atoms with van der Waals surface area (Å²) in [7, 11) is 0. The van der Waals surface area contributed by atoms with Crippen LogP contribution < -0.4 is 5.32 Å². The Balaban J connectivity index is 2.77. The third kappa shape index (κ3) is 5.41. The third-order valence-corrected chi connectivity index (χ3v) is 4.09. The van der Waals surface area contributed by atoms with Crippen molar-refractivity contribution in [1.82, 2.24) is 5.32 Å². The monoisotopic (exact) mass is 299 g/mol. The third-order valence-electron chi connectivity index (χ3n) is 3.67. The van der Waals surface area contributed by atoms with E-state index in [1.165, 1.54) is 6.07 Å². The zero-order chi connectivity index (χ0) is 15.3. The fraction of sp³-hybridized carbons (Fsp3) is 0.647. The molecule has 0 saturated carbocycles. The molecule has 3 heteroatoms. The van der Waals surface area contributed by atoms with Gasteiger partial charge in [0.2, 0.25) is 0 Å². The molecule has 0 amide bonds. The van der Waals surface area contributed by atoms with E-state index in [1.807, 2.05) is 6.07 Å². The van der Waals surface area contributed by atoms with Crippen molar-refractivity contribution < 1.29 is 4.39 Å². The Morgan fingerprint density at radius 3 is 2.40 bits per heavy atom. The lowest BCUT2D eigenvalue weighted by atomic mass is 9.77. The molecular weight excluding hydrogens is 273 g/mol. The van der Waals surface area contributed by atoms with Crippen LogP contribution in [0.2, 0.25) is 5.02 Å². The number of halogens is 2. The van der Waals surface area contributed by atoms with E-state index in [9.17, 15) is 4.39 Å². The SMILES string of the molecule is CC(C)CNCC(Cc1cccc(F)c1Cl)C(C)(C)C. The minimum absolute atomic E-state index is 0.152. The zero-order valence-corrected chi connectivity index (χ0v) is 14.0. The Morgan fingerprint density at radius 1 is 1.20 bits per heavy atom. The summed E-state index contributed by atoms with van der Waals surface area (Å²) in [6.45, 7) is 13.0. The number of hydrogen-bond donors (Lipinski definition) is 1. The first-order chi connectivity index (χ1) is 9.21. The fourth-order valence-electron chi connectivity index (χ4n) is 2.20. The average Bonchev–Trinajstić information content (AvgIpc) is 2.31. The molecule has 1 aromatic carbocycles. The highest BCUT2D eigenvalue weighted by molar-refractivity contribution is 6.31. The highest BCUT2D eigenvalue weighted by Crippen LogP contribution is 2.31. The summed E-state index contributed by atoms with van der Waals surface area (Å²) in [4.78, 5) is 0. The molecule has 0 aliphatic carbocycles. The largest absolute Gasteiger partial charge is 0.316 e. The second kappa shape index (κ2) is 7.42. The van der Waals surface area contributed by atoms with Crippen LogP contribution in [0.1, 0.15) is 40.2 Å². The maximum absolute atomic E-state index is 13.5. The van der Waals surface area contributed by atoms with Gasteiger partial charge in [-0.15, -0.1) is 0 Å². The summed E-state index contributed by atoms with van der Waals surface area (Å²) >= 11 is 6.08. The van der Waals surface area contributed by atoms with Crippen molar-refractivity contribution in [3.05, 3.63) is 34.6 Å². The van der Waals surface area contributed by atoms with Crippen LogP contribution in [0.5, 0.6) is 0 Å². The number of rotatable bonds is 6. The van der Waals surface area contributed by atoms with Gasteiger partial charge >= 0.3 is 0 Å². The van der Waals surface area contributed by atoms with E-state index >= 15 is 0 Å². The van der Waals surface area contributed by atoms with Crippen LogP contribution in [0, 0.1) is 23.1 Å². The van der Waals surface area contributed by atoms with Gasteiger partial charge in [-0.2, -0.15) is 0 Å². The Morgan fingerprint density at radius 2 is 1.85 bits per heavy atom. The van der Waals surface area contributed by atoms with Crippen molar-refractivity contribution in [2.45, 2.75) is 41.0 Å². The number of nitrogens with one attached hydrogen (secondary N) is 1. The molecule has 1 N–H and O–H groups in total. The lowest BCUT2D eigenvalue weighted by Gasteiger charge is -2.32. The van der Waals surface area contributed by atoms with Crippen LogP contribution in [0.15, 0.2) is 18.2 Å². The maximum Gasteiger partial charge on any atom is 0.142 e. The van der Waals surface area contributed by atoms with E-state index in [0.717, 1.165) is 25.1 Å². The van der Waals surface area contributed by atoms with E-state index in [2.05, 4.69) is 39.9 Å². The quantitative estimate of drug-likeness (QED) is 0.785. The van der Waals surface area contributed by atoms with Crippen LogP contribution in [-0.2, 0) is 6.42 Å². The van der Waals surface area contributed by atoms with E-state index in [-0.39, 0.29) is 16.3 Å². The van der Waals surface area contributed by atoms with Gasteiger partial charge in [0.05, 0.1) is 5.02 Å². The highest BCUT2D eigenvalue weighted by Gasteiger charge is 2.25. The van der Waals surface area contributed by atoms with Crippen LogP contribution in [0.25, 0.3) is 0 Å². The summed E-state index contributed by atoms with van der Waals surface area (Å²) in [5.74, 6) is 0.723. The van der Waals surface area contributed by atoms with Gasteiger partial charge in [0.15, 0.2) is 0 Å². The molecular formula is C17H27ClFN. The van der Waals surface area contributed by atoms with Crippen LogP contribution >= 0.6 is 11.6 Å². The van der Waals surface area contributed by atoms with Gasteiger partial charge in [0.25, 0.3) is 0 Å². The first-order valence-corrected chi connectivity index (χ1v) is 7.73. The van der Waals surface area contributed by atoms with Crippen LogP contribution in [0.3, 0.4) is 0 Å². The molecule has 0 spiro atoms. The first-order valence-electron chi connectivity index (χ1n) is 7.35. The molecule has 20 heavy (non-hydrogen) atoms. The predicted octanol–water partition coefficient (Wildman–Crippen LogP) is 4.93. The summed E-state index contributed by atoms with van der Waals surface area (Å²) in [6, 6.07) is 5.07. The van der Waals surface area contributed by atoms with E-state index in [1.54, 1.807) is 6.07 Å². The predicted molar refractivity (Wildman–Crippen MR) is 85.8 cm³/mol. The van der Waals surface area contributed by atoms with Gasteiger partial charge in [0.1, 0.15) is 5.82 Å². The normalized spacial score (nSPS) is 13.8. The molecule has 1 nitrogen and oxygen atoms in total. The zero-order valence-electron chi connectivity index (χ0n) is 13.3. The highest BCUT2D eigenvalue weighted by atomic mass is 35.5. The molecule has 1 aromatic rings. The number of benzene rings is 1. The summed E-state index contributed by atoms with van der Waals surface area (Å²) in [5.41, 5.74) is 1.05. The maximum atomic E-state index is 13.5. The van der Waals surface area contributed by atoms with Gasteiger partial charge < -0.3 is 5.32 Å². The second-order valence-corrected chi connectivity index (χ2v) is 7.41. The van der Waals surface area contributed by atoms with E-state index in [0.29, 0.717) is 11.8 Å². The number of hydrogen-bond acceptors (Lipinski definition) is 1. The van der Waals surface area contributed by atoms with E-state index in [4.69, 9.17) is 11.6 Å². The summed E-state index contributed by atoms with van der Waals surface area (Å²) in [5, 5.41) is 3.78.